The van der Waals surface area contributed by atoms with Crippen LogP contribution < -0.4 is 15.4 Å². The molecule has 2 aromatic rings. The van der Waals surface area contributed by atoms with E-state index in [-0.39, 0.29) is 41.5 Å². The van der Waals surface area contributed by atoms with Crippen LogP contribution in [0.3, 0.4) is 0 Å². The topological polar surface area (TPSA) is 138 Å². The smallest absolute Gasteiger partial charge is 0.257 e. The Kier molecular flexibility index (Phi) is 9.61. The number of sulfone groups is 1. The first kappa shape index (κ1) is 26.2. The molecule has 10 heteroatoms. The molecule has 2 amide bonds. The summed E-state index contributed by atoms with van der Waals surface area (Å²) in [5, 5.41) is 14.0. The summed E-state index contributed by atoms with van der Waals surface area (Å²) < 4.78 is 31.5. The van der Waals surface area contributed by atoms with E-state index < -0.39 is 15.8 Å². The number of hydrogen-bond acceptors (Lipinski definition) is 7. The maximum absolute atomic E-state index is 13.0. The number of amides is 2. The van der Waals surface area contributed by atoms with Crippen LogP contribution in [0.15, 0.2) is 53.7 Å². The monoisotopic (exact) mass is 498 g/mol. The van der Waals surface area contributed by atoms with Crippen LogP contribution in [0.25, 0.3) is 0 Å². The van der Waals surface area contributed by atoms with E-state index in [4.69, 9.17) is 10.00 Å². The zero-order valence-electron chi connectivity index (χ0n) is 19.5. The summed E-state index contributed by atoms with van der Waals surface area (Å²) >= 11 is 0. The molecule has 2 N–H and O–H groups in total. The molecular weight excluding hydrogens is 468 g/mol. The van der Waals surface area contributed by atoms with Crippen molar-refractivity contribution in [1.29, 1.82) is 5.26 Å². The summed E-state index contributed by atoms with van der Waals surface area (Å²) in [6.07, 6.45) is 7.10. The van der Waals surface area contributed by atoms with Gasteiger partial charge in [0.05, 0.1) is 16.7 Å². The normalized spacial score (nSPS) is 17.7. The Balaban J connectivity index is 1.49. The Hall–Kier alpha value is -3.45. The summed E-state index contributed by atoms with van der Waals surface area (Å²) in [6, 6.07) is 11.6. The molecule has 1 aliphatic carbocycles. The SMILES string of the molecule is N#CCNC(=O)[C@@H]1CCCC[C@H]1CS(=O)(=O)c1ccc(OCC(=O)NCCc2ccncc2)cc1. The van der Waals surface area contributed by atoms with Gasteiger partial charge in [-0.2, -0.15) is 5.26 Å². The van der Waals surface area contributed by atoms with Gasteiger partial charge in [-0.3, -0.25) is 14.6 Å². The summed E-state index contributed by atoms with van der Waals surface area (Å²) in [6.45, 7) is 0.211. The highest BCUT2D eigenvalue weighted by molar-refractivity contribution is 7.91. The molecular formula is C25H30N4O5S. The van der Waals surface area contributed by atoms with Gasteiger partial charge in [0.25, 0.3) is 5.91 Å². The van der Waals surface area contributed by atoms with Crippen molar-refractivity contribution in [2.24, 2.45) is 11.8 Å². The molecule has 9 nitrogen and oxygen atoms in total. The summed E-state index contributed by atoms with van der Waals surface area (Å²) in [5.41, 5.74) is 1.07. The van der Waals surface area contributed by atoms with Crippen molar-refractivity contribution < 1.29 is 22.7 Å². The predicted octanol–water partition coefficient (Wildman–Crippen LogP) is 2.04. The van der Waals surface area contributed by atoms with E-state index in [1.165, 1.54) is 24.3 Å². The summed E-state index contributed by atoms with van der Waals surface area (Å²) in [7, 11) is -3.62. The fourth-order valence-electron chi connectivity index (χ4n) is 4.23. The van der Waals surface area contributed by atoms with Crippen LogP contribution in [-0.4, -0.2) is 50.7 Å². The van der Waals surface area contributed by atoms with Crippen LogP contribution >= 0.6 is 0 Å². The standard InChI is InChI=1S/C25H30N4O5S/c26-12-16-29-25(31)23-4-2-1-3-20(23)18-35(32,33)22-7-5-21(6-8-22)34-17-24(30)28-15-11-19-9-13-27-14-10-19/h5-10,13-14,20,23H,1-4,11,15-18H2,(H,28,30)(H,29,31)/t20-,23+/m0/s1. The van der Waals surface area contributed by atoms with E-state index in [1.54, 1.807) is 12.4 Å². The molecule has 35 heavy (non-hydrogen) atoms. The van der Waals surface area contributed by atoms with Crippen molar-refractivity contribution >= 4 is 21.7 Å². The van der Waals surface area contributed by atoms with Gasteiger partial charge in [-0.05, 0) is 67.1 Å². The van der Waals surface area contributed by atoms with Gasteiger partial charge in [-0.1, -0.05) is 12.8 Å². The quantitative estimate of drug-likeness (QED) is 0.452. The molecule has 1 aromatic heterocycles. The lowest BCUT2D eigenvalue weighted by Gasteiger charge is -2.30. The first-order valence-electron chi connectivity index (χ1n) is 11.6. The minimum Gasteiger partial charge on any atom is -0.484 e. The van der Waals surface area contributed by atoms with Crippen molar-refractivity contribution in [3.8, 4) is 11.8 Å². The maximum atomic E-state index is 13.0. The second-order valence-electron chi connectivity index (χ2n) is 8.52. The van der Waals surface area contributed by atoms with Gasteiger partial charge >= 0.3 is 0 Å². The highest BCUT2D eigenvalue weighted by Crippen LogP contribution is 2.33. The van der Waals surface area contributed by atoms with Crippen molar-refractivity contribution in [3.63, 3.8) is 0 Å². The molecule has 0 aliphatic heterocycles. The molecule has 1 fully saturated rings. The zero-order chi connectivity index (χ0) is 25.1. The zero-order valence-corrected chi connectivity index (χ0v) is 20.3. The van der Waals surface area contributed by atoms with Gasteiger partial charge < -0.3 is 15.4 Å². The Morgan fingerprint density at radius 2 is 1.77 bits per heavy atom. The van der Waals surface area contributed by atoms with Gasteiger partial charge in [-0.25, -0.2) is 8.42 Å². The summed E-state index contributed by atoms with van der Waals surface area (Å²) in [4.78, 5) is 28.5. The minimum atomic E-state index is -3.62. The van der Waals surface area contributed by atoms with Gasteiger partial charge in [0.15, 0.2) is 16.4 Å². The van der Waals surface area contributed by atoms with Crippen LogP contribution in [0.1, 0.15) is 31.2 Å². The Morgan fingerprint density at radius 3 is 2.49 bits per heavy atom. The van der Waals surface area contributed by atoms with Crippen molar-refractivity contribution in [3.05, 3.63) is 54.4 Å². The number of benzene rings is 1. The lowest BCUT2D eigenvalue weighted by molar-refractivity contribution is -0.127. The van der Waals surface area contributed by atoms with E-state index in [0.29, 0.717) is 31.6 Å². The number of ether oxygens (including phenoxy) is 1. The maximum Gasteiger partial charge on any atom is 0.257 e. The molecule has 1 heterocycles. The van der Waals surface area contributed by atoms with Gasteiger partial charge in [0, 0.05) is 24.9 Å². The van der Waals surface area contributed by atoms with Crippen LogP contribution in [0.4, 0.5) is 0 Å². The number of nitrogens with one attached hydrogen (secondary N) is 2. The largest absolute Gasteiger partial charge is 0.484 e. The van der Waals surface area contributed by atoms with Crippen LogP contribution in [-0.2, 0) is 25.8 Å². The van der Waals surface area contributed by atoms with Crippen molar-refractivity contribution in [2.75, 3.05) is 25.4 Å². The van der Waals surface area contributed by atoms with Crippen LogP contribution in [0, 0.1) is 23.2 Å². The van der Waals surface area contributed by atoms with Gasteiger partial charge in [0.2, 0.25) is 5.91 Å². The molecule has 0 bridgehead atoms. The second-order valence-corrected chi connectivity index (χ2v) is 10.6. The number of hydrogen-bond donors (Lipinski definition) is 2. The average Bonchev–Trinajstić information content (AvgIpc) is 2.87. The first-order chi connectivity index (χ1) is 16.9. The second kappa shape index (κ2) is 12.9. The third kappa shape index (κ3) is 8.07. The predicted molar refractivity (Wildman–Crippen MR) is 129 cm³/mol. The molecule has 1 aliphatic rings. The van der Waals surface area contributed by atoms with Crippen molar-refractivity contribution in [2.45, 2.75) is 37.0 Å². The van der Waals surface area contributed by atoms with Crippen LogP contribution in [0.2, 0.25) is 0 Å². The van der Waals surface area contributed by atoms with E-state index >= 15 is 0 Å². The van der Waals surface area contributed by atoms with Crippen LogP contribution in [0.5, 0.6) is 5.75 Å². The molecule has 1 aromatic carbocycles. The molecule has 3 rings (SSSR count). The number of nitrogens with zero attached hydrogens (tertiary/aromatic N) is 2. The Bertz CT molecular complexity index is 1130. The molecule has 0 radical (unpaired) electrons. The third-order valence-corrected chi connectivity index (χ3v) is 7.92. The molecule has 0 spiro atoms. The highest BCUT2D eigenvalue weighted by Gasteiger charge is 2.34. The Labute approximate surface area is 205 Å². The lowest BCUT2D eigenvalue weighted by atomic mass is 9.80. The number of carbonyl (C=O) groups is 2. The molecule has 1 saturated carbocycles. The van der Waals surface area contributed by atoms with Crippen molar-refractivity contribution in [1.82, 2.24) is 15.6 Å². The number of pyridine rings is 1. The molecule has 2 atom stereocenters. The number of carbonyl (C=O) groups excluding carboxylic acids is 2. The number of nitriles is 1. The fourth-order valence-corrected chi connectivity index (χ4v) is 5.93. The molecule has 0 saturated heterocycles. The fraction of sp³-hybridized carbons (Fsp3) is 0.440. The van der Waals surface area contributed by atoms with E-state index in [9.17, 15) is 18.0 Å². The molecule has 186 valence electrons. The van der Waals surface area contributed by atoms with E-state index in [1.807, 2.05) is 18.2 Å². The number of aromatic nitrogens is 1. The molecule has 0 unspecified atom stereocenters. The lowest BCUT2D eigenvalue weighted by Crippen LogP contribution is -2.39. The highest BCUT2D eigenvalue weighted by atomic mass is 32.2. The van der Waals surface area contributed by atoms with Gasteiger partial charge in [0.1, 0.15) is 12.3 Å². The summed E-state index contributed by atoms with van der Waals surface area (Å²) in [5.74, 6) is -0.967. The Morgan fingerprint density at radius 1 is 1.06 bits per heavy atom. The minimum absolute atomic E-state index is 0.0843. The number of rotatable bonds is 11. The van der Waals surface area contributed by atoms with E-state index in [2.05, 4.69) is 15.6 Å². The average molecular weight is 499 g/mol. The first-order valence-corrected chi connectivity index (χ1v) is 13.3. The van der Waals surface area contributed by atoms with E-state index in [0.717, 1.165) is 18.4 Å². The third-order valence-electron chi connectivity index (χ3n) is 6.06. The van der Waals surface area contributed by atoms with Gasteiger partial charge in [-0.15, -0.1) is 0 Å².